The van der Waals surface area contributed by atoms with Crippen molar-refractivity contribution >= 4 is 11.8 Å². The molecule has 1 N–H and O–H groups in total. The van der Waals surface area contributed by atoms with E-state index < -0.39 is 0 Å². The summed E-state index contributed by atoms with van der Waals surface area (Å²) in [6, 6.07) is 0.362. The Bertz CT molecular complexity index is 434. The van der Waals surface area contributed by atoms with E-state index in [0.29, 0.717) is 30.8 Å². The molecule has 3 aliphatic rings. The van der Waals surface area contributed by atoms with Crippen LogP contribution in [0.5, 0.6) is 0 Å². The molecule has 1 aliphatic carbocycles. The first-order valence-corrected chi connectivity index (χ1v) is 10.0. The highest BCUT2D eigenvalue weighted by molar-refractivity contribution is 5.78. The Morgan fingerprint density at radius 2 is 1.79 bits per heavy atom. The standard InChI is InChI=1S/C19H33N3O2/c23-18(20-13-16-7-2-1-3-8-16)15-21-11-5-4-9-17(21)14-22-12-6-10-19(22)24/h16-17H,1-15H2,(H,20,23)/t17-/m1/s1. The minimum atomic E-state index is 0.167. The second-order valence-corrected chi connectivity index (χ2v) is 7.87. The molecule has 2 heterocycles. The number of hydrogen-bond acceptors (Lipinski definition) is 3. The summed E-state index contributed by atoms with van der Waals surface area (Å²) >= 11 is 0. The Labute approximate surface area is 146 Å². The van der Waals surface area contributed by atoms with Gasteiger partial charge < -0.3 is 10.2 Å². The molecular formula is C19H33N3O2. The molecule has 0 aromatic heterocycles. The number of nitrogens with one attached hydrogen (secondary N) is 1. The smallest absolute Gasteiger partial charge is 0.234 e. The number of piperidine rings is 1. The maximum atomic E-state index is 12.4. The number of rotatable bonds is 6. The van der Waals surface area contributed by atoms with Crippen LogP contribution in [0.2, 0.25) is 0 Å². The fraction of sp³-hybridized carbons (Fsp3) is 0.895. The monoisotopic (exact) mass is 335 g/mol. The van der Waals surface area contributed by atoms with Gasteiger partial charge in [-0.25, -0.2) is 0 Å². The molecule has 2 amide bonds. The number of amides is 2. The molecule has 0 unspecified atom stereocenters. The molecule has 5 nitrogen and oxygen atoms in total. The molecule has 0 bridgehead atoms. The Hall–Kier alpha value is -1.10. The van der Waals surface area contributed by atoms with Crippen LogP contribution in [0.4, 0.5) is 0 Å². The quantitative estimate of drug-likeness (QED) is 0.809. The Kier molecular flexibility index (Phi) is 6.52. The third kappa shape index (κ3) is 4.95. The fourth-order valence-corrected chi connectivity index (χ4v) is 4.52. The average molecular weight is 335 g/mol. The van der Waals surface area contributed by atoms with Crippen LogP contribution in [-0.4, -0.2) is 60.4 Å². The summed E-state index contributed by atoms with van der Waals surface area (Å²) in [6.45, 7) is 4.05. The second-order valence-electron chi connectivity index (χ2n) is 7.87. The van der Waals surface area contributed by atoms with E-state index in [0.717, 1.165) is 39.0 Å². The summed E-state index contributed by atoms with van der Waals surface area (Å²) < 4.78 is 0. The van der Waals surface area contributed by atoms with Crippen molar-refractivity contribution in [1.29, 1.82) is 0 Å². The molecule has 0 aromatic rings. The first-order chi connectivity index (χ1) is 11.7. The van der Waals surface area contributed by atoms with Gasteiger partial charge in [-0.2, -0.15) is 0 Å². The molecule has 0 aromatic carbocycles. The molecule has 0 spiro atoms. The highest BCUT2D eigenvalue weighted by Gasteiger charge is 2.29. The van der Waals surface area contributed by atoms with Gasteiger partial charge in [-0.15, -0.1) is 0 Å². The minimum Gasteiger partial charge on any atom is -0.355 e. The Morgan fingerprint density at radius 1 is 1.00 bits per heavy atom. The van der Waals surface area contributed by atoms with Gasteiger partial charge in [0.05, 0.1) is 6.54 Å². The third-order valence-electron chi connectivity index (χ3n) is 6.01. The van der Waals surface area contributed by atoms with E-state index in [-0.39, 0.29) is 5.91 Å². The van der Waals surface area contributed by atoms with Crippen LogP contribution in [0.1, 0.15) is 64.2 Å². The lowest BCUT2D eigenvalue weighted by Gasteiger charge is -2.37. The zero-order valence-electron chi connectivity index (χ0n) is 15.0. The van der Waals surface area contributed by atoms with Crippen LogP contribution in [0, 0.1) is 5.92 Å². The highest BCUT2D eigenvalue weighted by Crippen LogP contribution is 2.23. The van der Waals surface area contributed by atoms with Crippen LogP contribution < -0.4 is 5.32 Å². The Balaban J connectivity index is 1.44. The third-order valence-corrected chi connectivity index (χ3v) is 6.01. The van der Waals surface area contributed by atoms with E-state index in [1.54, 1.807) is 0 Å². The van der Waals surface area contributed by atoms with Crippen molar-refractivity contribution in [2.45, 2.75) is 70.3 Å². The topological polar surface area (TPSA) is 52.7 Å². The SMILES string of the molecule is O=C(CN1CCCC[C@@H]1CN1CCCC1=O)NCC1CCCCC1. The number of hydrogen-bond donors (Lipinski definition) is 1. The molecule has 2 aliphatic heterocycles. The molecule has 1 saturated carbocycles. The lowest BCUT2D eigenvalue weighted by molar-refractivity contribution is -0.128. The normalized spacial score (nSPS) is 26.8. The number of carbonyl (C=O) groups is 2. The van der Waals surface area contributed by atoms with Crippen LogP contribution in [0.3, 0.4) is 0 Å². The molecule has 0 radical (unpaired) electrons. The number of carbonyl (C=O) groups excluding carboxylic acids is 2. The van der Waals surface area contributed by atoms with E-state index in [1.165, 1.54) is 44.9 Å². The van der Waals surface area contributed by atoms with Gasteiger partial charge in [0.25, 0.3) is 0 Å². The van der Waals surface area contributed by atoms with Gasteiger partial charge in [-0.3, -0.25) is 14.5 Å². The summed E-state index contributed by atoms with van der Waals surface area (Å²) in [7, 11) is 0. The molecule has 1 atom stereocenters. The van der Waals surface area contributed by atoms with E-state index in [2.05, 4.69) is 10.2 Å². The lowest BCUT2D eigenvalue weighted by Crippen LogP contribution is -2.50. The molecule has 5 heteroatoms. The van der Waals surface area contributed by atoms with Gasteiger partial charge in [-0.1, -0.05) is 25.7 Å². The fourth-order valence-electron chi connectivity index (χ4n) is 4.52. The van der Waals surface area contributed by atoms with Crippen LogP contribution in [0.15, 0.2) is 0 Å². The van der Waals surface area contributed by atoms with E-state index >= 15 is 0 Å². The lowest BCUT2D eigenvalue weighted by atomic mass is 9.89. The van der Waals surface area contributed by atoms with Gasteiger partial charge in [-0.05, 0) is 44.6 Å². The van der Waals surface area contributed by atoms with Crippen molar-refractivity contribution in [3.05, 3.63) is 0 Å². The second kappa shape index (κ2) is 8.84. The van der Waals surface area contributed by atoms with Crippen molar-refractivity contribution in [3.63, 3.8) is 0 Å². The largest absolute Gasteiger partial charge is 0.355 e. The molecule has 2 saturated heterocycles. The first kappa shape index (κ1) is 17.7. The van der Waals surface area contributed by atoms with Crippen molar-refractivity contribution in [2.75, 3.05) is 32.7 Å². The summed E-state index contributed by atoms with van der Waals surface area (Å²) in [5.74, 6) is 1.14. The average Bonchev–Trinajstić information content (AvgIpc) is 3.01. The van der Waals surface area contributed by atoms with Crippen molar-refractivity contribution in [3.8, 4) is 0 Å². The van der Waals surface area contributed by atoms with Crippen LogP contribution in [-0.2, 0) is 9.59 Å². The van der Waals surface area contributed by atoms with Crippen molar-refractivity contribution in [1.82, 2.24) is 15.1 Å². The van der Waals surface area contributed by atoms with E-state index in [4.69, 9.17) is 0 Å². The van der Waals surface area contributed by atoms with Crippen molar-refractivity contribution < 1.29 is 9.59 Å². The van der Waals surface area contributed by atoms with Gasteiger partial charge in [0.1, 0.15) is 0 Å². The molecular weight excluding hydrogens is 302 g/mol. The van der Waals surface area contributed by atoms with E-state index in [9.17, 15) is 9.59 Å². The number of likely N-dealkylation sites (tertiary alicyclic amines) is 2. The van der Waals surface area contributed by atoms with Crippen LogP contribution in [0.25, 0.3) is 0 Å². The molecule has 3 fully saturated rings. The summed E-state index contributed by atoms with van der Waals surface area (Å²) in [5.41, 5.74) is 0. The zero-order valence-corrected chi connectivity index (χ0v) is 15.0. The summed E-state index contributed by atoms with van der Waals surface area (Å²) in [5, 5.41) is 3.16. The summed E-state index contributed by atoms with van der Waals surface area (Å²) in [6.07, 6.45) is 11.7. The minimum absolute atomic E-state index is 0.167. The van der Waals surface area contributed by atoms with Gasteiger partial charge in [0.15, 0.2) is 0 Å². The van der Waals surface area contributed by atoms with Crippen LogP contribution >= 0.6 is 0 Å². The van der Waals surface area contributed by atoms with Gasteiger partial charge in [0.2, 0.25) is 11.8 Å². The van der Waals surface area contributed by atoms with E-state index in [1.807, 2.05) is 4.90 Å². The first-order valence-electron chi connectivity index (χ1n) is 10.0. The Morgan fingerprint density at radius 3 is 2.54 bits per heavy atom. The molecule has 24 heavy (non-hydrogen) atoms. The predicted octanol–water partition coefficient (Wildman–Crippen LogP) is 2.16. The van der Waals surface area contributed by atoms with Crippen molar-refractivity contribution in [2.24, 2.45) is 5.92 Å². The maximum Gasteiger partial charge on any atom is 0.234 e. The number of nitrogens with zero attached hydrogens (tertiary/aromatic N) is 2. The van der Waals surface area contributed by atoms with Gasteiger partial charge in [0, 0.05) is 32.1 Å². The predicted molar refractivity (Wildman–Crippen MR) is 94.6 cm³/mol. The maximum absolute atomic E-state index is 12.4. The highest BCUT2D eigenvalue weighted by atomic mass is 16.2. The van der Waals surface area contributed by atoms with Gasteiger partial charge >= 0.3 is 0 Å². The zero-order chi connectivity index (χ0) is 16.8. The molecule has 3 rings (SSSR count). The molecule has 136 valence electrons. The summed E-state index contributed by atoms with van der Waals surface area (Å²) in [4.78, 5) is 28.6.